The van der Waals surface area contributed by atoms with Crippen molar-refractivity contribution < 1.29 is 9.59 Å². The summed E-state index contributed by atoms with van der Waals surface area (Å²) in [5.41, 5.74) is 2.66. The molecule has 0 radical (unpaired) electrons. The molecule has 30 heavy (non-hydrogen) atoms. The van der Waals surface area contributed by atoms with Crippen LogP contribution in [-0.2, 0) is 0 Å². The number of amides is 2. The third-order valence-electron chi connectivity index (χ3n) is 6.12. The lowest BCUT2D eigenvalue weighted by Gasteiger charge is -2.48. The number of hydrogen-bond donors (Lipinski definition) is 1. The van der Waals surface area contributed by atoms with Crippen molar-refractivity contribution in [1.82, 2.24) is 24.7 Å². The molecule has 2 aliphatic rings. The third-order valence-corrected chi connectivity index (χ3v) is 7.37. The van der Waals surface area contributed by atoms with Crippen LogP contribution in [0.5, 0.6) is 0 Å². The van der Waals surface area contributed by atoms with E-state index in [1.54, 1.807) is 6.20 Å². The zero-order valence-corrected chi connectivity index (χ0v) is 19.0. The lowest BCUT2D eigenvalue weighted by atomic mass is 10.0. The van der Waals surface area contributed by atoms with E-state index in [-0.39, 0.29) is 11.8 Å². The summed E-state index contributed by atoms with van der Waals surface area (Å²) in [6.07, 6.45) is 1.67. The van der Waals surface area contributed by atoms with Crippen molar-refractivity contribution in [2.45, 2.75) is 13.0 Å². The van der Waals surface area contributed by atoms with Gasteiger partial charge in [0.05, 0.1) is 0 Å². The minimum Gasteiger partial charge on any atom is -0.350 e. The average Bonchev–Trinajstić information content (AvgIpc) is 3.36. The zero-order chi connectivity index (χ0) is 20.8. The van der Waals surface area contributed by atoms with Gasteiger partial charge in [-0.2, -0.15) is 0 Å². The normalized spacial score (nSPS) is 18.1. The molecule has 2 saturated heterocycles. The molecule has 156 valence electrons. The number of likely N-dealkylation sites (tertiary alicyclic amines) is 1. The average molecular weight is 488 g/mol. The van der Waals surface area contributed by atoms with E-state index in [1.807, 2.05) is 40.3 Å². The van der Waals surface area contributed by atoms with Crippen LogP contribution >= 0.6 is 27.3 Å². The van der Waals surface area contributed by atoms with Gasteiger partial charge in [-0.25, -0.2) is 4.98 Å². The van der Waals surface area contributed by atoms with Gasteiger partial charge in [-0.05, 0) is 30.7 Å². The molecule has 0 atom stereocenters. The second-order valence-corrected chi connectivity index (χ2v) is 9.65. The highest BCUT2D eigenvalue weighted by atomic mass is 79.9. The predicted octanol–water partition coefficient (Wildman–Crippen LogP) is 2.98. The van der Waals surface area contributed by atoms with Crippen molar-refractivity contribution in [3.05, 3.63) is 50.5 Å². The highest BCUT2D eigenvalue weighted by Gasteiger charge is 2.38. The number of aromatic amines is 1. The molecule has 2 aliphatic heterocycles. The van der Waals surface area contributed by atoms with Gasteiger partial charge >= 0.3 is 0 Å². The molecular formula is C21H22BrN5O2S. The number of aromatic nitrogens is 2. The van der Waals surface area contributed by atoms with Crippen molar-refractivity contribution in [3.63, 3.8) is 0 Å². The second-order valence-electron chi connectivity index (χ2n) is 7.84. The number of halogens is 1. The number of rotatable bonds is 3. The van der Waals surface area contributed by atoms with E-state index in [1.165, 1.54) is 11.3 Å². The van der Waals surface area contributed by atoms with Gasteiger partial charge in [-0.1, -0.05) is 15.9 Å². The molecule has 7 nitrogen and oxygen atoms in total. The van der Waals surface area contributed by atoms with Gasteiger partial charge in [-0.15, -0.1) is 11.3 Å². The van der Waals surface area contributed by atoms with Crippen LogP contribution in [0.15, 0.2) is 34.2 Å². The van der Waals surface area contributed by atoms with Gasteiger partial charge in [0, 0.05) is 72.3 Å². The molecular weight excluding hydrogens is 466 g/mol. The Morgan fingerprint density at radius 1 is 1.13 bits per heavy atom. The van der Waals surface area contributed by atoms with E-state index in [0.717, 1.165) is 47.1 Å². The first-order valence-corrected chi connectivity index (χ1v) is 11.7. The number of piperazine rings is 1. The molecule has 2 aromatic heterocycles. The Labute approximate surface area is 186 Å². The summed E-state index contributed by atoms with van der Waals surface area (Å²) in [5, 5.41) is 3.47. The number of carbonyl (C=O) groups excluding carboxylic acids is 2. The summed E-state index contributed by atoms with van der Waals surface area (Å²) in [4.78, 5) is 39.0. The molecule has 0 saturated carbocycles. The van der Waals surface area contributed by atoms with Crippen LogP contribution in [0.3, 0.4) is 0 Å². The minimum absolute atomic E-state index is 0.0241. The number of nitrogens with one attached hydrogen (secondary N) is 1. The molecule has 0 aliphatic carbocycles. The lowest BCUT2D eigenvalue weighted by molar-refractivity contribution is 0.00824. The van der Waals surface area contributed by atoms with Gasteiger partial charge in [0.2, 0.25) is 0 Å². The lowest BCUT2D eigenvalue weighted by Crippen LogP contribution is -2.64. The fourth-order valence-corrected chi connectivity index (χ4v) is 5.24. The number of aryl methyl sites for hydroxylation is 1. The number of carbonyl (C=O) groups is 2. The van der Waals surface area contributed by atoms with Crippen molar-refractivity contribution in [2.75, 3.05) is 39.3 Å². The standard InChI is InChI=1S/C21H22BrN5O2S/c1-13-16-10-14(22)2-3-17(16)24-18(13)20(28)27-11-15(12-27)25-5-7-26(8-6-25)21(29)19-23-4-9-30-19/h2-4,9-10,15,24H,5-8,11-12H2,1H3. The Morgan fingerprint density at radius 3 is 2.60 bits per heavy atom. The van der Waals surface area contributed by atoms with E-state index in [0.29, 0.717) is 29.8 Å². The molecule has 0 bridgehead atoms. The molecule has 1 N–H and O–H groups in total. The van der Waals surface area contributed by atoms with Gasteiger partial charge in [-0.3, -0.25) is 14.5 Å². The van der Waals surface area contributed by atoms with E-state index in [2.05, 4.69) is 30.8 Å². The van der Waals surface area contributed by atoms with E-state index < -0.39 is 0 Å². The first-order valence-electron chi connectivity index (χ1n) is 10.0. The molecule has 5 rings (SSSR count). The summed E-state index contributed by atoms with van der Waals surface area (Å²) in [5.74, 6) is 0.0876. The maximum atomic E-state index is 13.0. The minimum atomic E-state index is 0.0241. The Bertz CT molecular complexity index is 1100. The van der Waals surface area contributed by atoms with Crippen molar-refractivity contribution in [1.29, 1.82) is 0 Å². The Balaban J connectivity index is 1.18. The van der Waals surface area contributed by atoms with Crippen LogP contribution in [0.4, 0.5) is 0 Å². The summed E-state index contributed by atoms with van der Waals surface area (Å²) in [6.45, 7) is 6.55. The van der Waals surface area contributed by atoms with Crippen LogP contribution in [0, 0.1) is 6.92 Å². The number of fused-ring (bicyclic) bond motifs is 1. The Kier molecular flexibility index (Phi) is 5.12. The van der Waals surface area contributed by atoms with E-state index >= 15 is 0 Å². The molecule has 9 heteroatoms. The molecule has 4 heterocycles. The maximum absolute atomic E-state index is 13.0. The van der Waals surface area contributed by atoms with E-state index in [9.17, 15) is 9.59 Å². The molecule has 0 unspecified atom stereocenters. The highest BCUT2D eigenvalue weighted by Crippen LogP contribution is 2.28. The fraction of sp³-hybridized carbons (Fsp3) is 0.381. The van der Waals surface area contributed by atoms with Crippen LogP contribution in [0.25, 0.3) is 10.9 Å². The first kappa shape index (κ1) is 19.7. The number of benzene rings is 1. The quantitative estimate of drug-likeness (QED) is 0.616. The maximum Gasteiger partial charge on any atom is 0.282 e. The Hall–Kier alpha value is -2.23. The third kappa shape index (κ3) is 3.44. The smallest absolute Gasteiger partial charge is 0.282 e. The van der Waals surface area contributed by atoms with Gasteiger partial charge in [0.25, 0.3) is 11.8 Å². The molecule has 2 fully saturated rings. The SMILES string of the molecule is Cc1c(C(=O)N2CC(N3CCN(C(=O)c4nccs4)CC3)C2)[nH]c2ccc(Br)cc12. The summed E-state index contributed by atoms with van der Waals surface area (Å²) >= 11 is 4.89. The summed E-state index contributed by atoms with van der Waals surface area (Å²) in [7, 11) is 0. The van der Waals surface area contributed by atoms with Crippen LogP contribution < -0.4 is 0 Å². The molecule has 3 aromatic rings. The zero-order valence-electron chi connectivity index (χ0n) is 16.6. The van der Waals surface area contributed by atoms with Crippen LogP contribution in [0.2, 0.25) is 0 Å². The summed E-state index contributed by atoms with van der Waals surface area (Å²) < 4.78 is 1.01. The topological polar surface area (TPSA) is 72.5 Å². The van der Waals surface area contributed by atoms with Crippen LogP contribution in [0.1, 0.15) is 25.9 Å². The largest absolute Gasteiger partial charge is 0.350 e. The van der Waals surface area contributed by atoms with Crippen molar-refractivity contribution in [2.24, 2.45) is 0 Å². The van der Waals surface area contributed by atoms with Crippen molar-refractivity contribution in [3.8, 4) is 0 Å². The number of nitrogens with zero attached hydrogens (tertiary/aromatic N) is 4. The van der Waals surface area contributed by atoms with Crippen LogP contribution in [-0.4, -0.2) is 81.8 Å². The molecule has 0 spiro atoms. The number of hydrogen-bond acceptors (Lipinski definition) is 5. The molecule has 1 aromatic carbocycles. The van der Waals surface area contributed by atoms with E-state index in [4.69, 9.17) is 0 Å². The Morgan fingerprint density at radius 2 is 1.90 bits per heavy atom. The first-order chi connectivity index (χ1) is 14.5. The summed E-state index contributed by atoms with van der Waals surface area (Å²) in [6, 6.07) is 6.38. The van der Waals surface area contributed by atoms with Gasteiger partial charge < -0.3 is 14.8 Å². The van der Waals surface area contributed by atoms with Gasteiger partial charge in [0.1, 0.15) is 5.69 Å². The monoisotopic (exact) mass is 487 g/mol. The molecule has 2 amide bonds. The van der Waals surface area contributed by atoms with Crippen molar-refractivity contribution >= 4 is 50.0 Å². The van der Waals surface area contributed by atoms with Gasteiger partial charge in [0.15, 0.2) is 5.01 Å². The number of thiazole rings is 1. The highest BCUT2D eigenvalue weighted by molar-refractivity contribution is 9.10. The number of H-pyrrole nitrogens is 1. The fourth-order valence-electron chi connectivity index (χ4n) is 4.28. The second kappa shape index (κ2) is 7.79. The predicted molar refractivity (Wildman–Crippen MR) is 120 cm³/mol.